The van der Waals surface area contributed by atoms with Crippen LogP contribution >= 0.6 is 23.4 Å². The monoisotopic (exact) mass is 341 g/mol. The molecule has 2 nitrogen and oxygen atoms in total. The zero-order valence-corrected chi connectivity index (χ0v) is 13.3. The van der Waals surface area contributed by atoms with Gasteiger partial charge in [0, 0.05) is 9.92 Å². The first-order valence-corrected chi connectivity index (χ1v) is 7.94. The molecule has 2 aromatic rings. The van der Waals surface area contributed by atoms with Crippen molar-refractivity contribution >= 4 is 35.0 Å². The van der Waals surface area contributed by atoms with Crippen molar-refractivity contribution in [1.29, 1.82) is 0 Å². The Bertz CT molecular complexity index is 643. The van der Waals surface area contributed by atoms with Gasteiger partial charge in [-0.2, -0.15) is 0 Å². The van der Waals surface area contributed by atoms with E-state index in [0.29, 0.717) is 11.4 Å². The van der Waals surface area contributed by atoms with Crippen LogP contribution < -0.4 is 5.32 Å². The molecular formula is C16H14ClF2NOS. The van der Waals surface area contributed by atoms with Crippen LogP contribution in [0.5, 0.6) is 0 Å². The van der Waals surface area contributed by atoms with E-state index >= 15 is 0 Å². The lowest BCUT2D eigenvalue weighted by atomic mass is 10.2. The van der Waals surface area contributed by atoms with Crippen LogP contribution in [0.4, 0.5) is 14.5 Å². The largest absolute Gasteiger partial charge is 0.320 e. The van der Waals surface area contributed by atoms with E-state index in [1.807, 2.05) is 6.92 Å². The van der Waals surface area contributed by atoms with E-state index < -0.39 is 28.5 Å². The molecule has 0 bridgehead atoms. The number of carbonyl (C=O) groups excluding carboxylic acids is 1. The van der Waals surface area contributed by atoms with Gasteiger partial charge in [-0.3, -0.25) is 4.79 Å². The number of amides is 1. The minimum atomic E-state index is -0.792. The minimum absolute atomic E-state index is 0.414. The minimum Gasteiger partial charge on any atom is -0.320 e. The van der Waals surface area contributed by atoms with Gasteiger partial charge in [0.25, 0.3) is 0 Å². The van der Waals surface area contributed by atoms with Gasteiger partial charge in [-0.15, -0.1) is 11.8 Å². The average Bonchev–Trinajstić information content (AvgIpc) is 2.50. The average molecular weight is 342 g/mol. The number of hydrogen-bond acceptors (Lipinski definition) is 2. The molecule has 22 heavy (non-hydrogen) atoms. The number of nitrogens with one attached hydrogen (secondary N) is 1. The summed E-state index contributed by atoms with van der Waals surface area (Å²) >= 11 is 7.14. The summed E-state index contributed by atoms with van der Waals surface area (Å²) in [4.78, 5) is 13.1. The Kier molecular flexibility index (Phi) is 5.80. The van der Waals surface area contributed by atoms with Crippen molar-refractivity contribution in [3.63, 3.8) is 0 Å². The molecule has 0 unspecified atom stereocenters. The molecule has 0 fully saturated rings. The van der Waals surface area contributed by atoms with Crippen molar-refractivity contribution in [2.45, 2.75) is 23.5 Å². The SMILES string of the molecule is CC[C@@H](Sc1ccc(Cl)cc1)C(=O)Nc1c(F)cccc1F. The second-order valence-electron chi connectivity index (χ2n) is 4.55. The van der Waals surface area contributed by atoms with E-state index in [-0.39, 0.29) is 0 Å². The summed E-state index contributed by atoms with van der Waals surface area (Å²) in [7, 11) is 0. The molecule has 2 aromatic carbocycles. The molecule has 0 radical (unpaired) electrons. The van der Waals surface area contributed by atoms with Crippen LogP contribution in [0.25, 0.3) is 0 Å². The van der Waals surface area contributed by atoms with Gasteiger partial charge in [-0.1, -0.05) is 24.6 Å². The summed E-state index contributed by atoms with van der Waals surface area (Å²) < 4.78 is 27.1. The van der Waals surface area contributed by atoms with Gasteiger partial charge in [0.2, 0.25) is 5.91 Å². The fraction of sp³-hybridized carbons (Fsp3) is 0.188. The third kappa shape index (κ3) is 4.21. The van der Waals surface area contributed by atoms with Gasteiger partial charge in [-0.05, 0) is 42.8 Å². The Morgan fingerprint density at radius 2 is 1.77 bits per heavy atom. The van der Waals surface area contributed by atoms with Gasteiger partial charge in [-0.25, -0.2) is 8.78 Å². The quantitative estimate of drug-likeness (QED) is 0.764. The zero-order valence-electron chi connectivity index (χ0n) is 11.8. The van der Waals surface area contributed by atoms with Gasteiger partial charge >= 0.3 is 0 Å². The molecule has 0 heterocycles. The number of rotatable bonds is 5. The fourth-order valence-corrected chi connectivity index (χ4v) is 2.90. The molecule has 1 N–H and O–H groups in total. The lowest BCUT2D eigenvalue weighted by Gasteiger charge is -2.15. The number of benzene rings is 2. The lowest BCUT2D eigenvalue weighted by molar-refractivity contribution is -0.115. The van der Waals surface area contributed by atoms with Gasteiger partial charge in [0.15, 0.2) is 0 Å². The van der Waals surface area contributed by atoms with Crippen LogP contribution in [0.15, 0.2) is 47.4 Å². The summed E-state index contributed by atoms with van der Waals surface area (Å²) in [5.74, 6) is -2.02. The van der Waals surface area contributed by atoms with Gasteiger partial charge < -0.3 is 5.32 Å². The molecule has 6 heteroatoms. The van der Waals surface area contributed by atoms with Crippen molar-refractivity contribution in [3.8, 4) is 0 Å². The molecule has 0 saturated carbocycles. The third-order valence-corrected chi connectivity index (χ3v) is 4.59. The molecule has 116 valence electrons. The highest BCUT2D eigenvalue weighted by Gasteiger charge is 2.20. The zero-order chi connectivity index (χ0) is 16.1. The first-order chi connectivity index (χ1) is 10.5. The number of anilines is 1. The second-order valence-corrected chi connectivity index (χ2v) is 6.27. The van der Waals surface area contributed by atoms with Crippen molar-refractivity contribution in [3.05, 3.63) is 59.1 Å². The van der Waals surface area contributed by atoms with E-state index in [2.05, 4.69) is 5.32 Å². The number of para-hydroxylation sites is 1. The maximum absolute atomic E-state index is 13.6. The first-order valence-electron chi connectivity index (χ1n) is 6.68. The molecule has 0 spiro atoms. The summed E-state index contributed by atoms with van der Waals surface area (Å²) in [6.07, 6.45) is 0.523. The van der Waals surface area contributed by atoms with Crippen LogP contribution in [0, 0.1) is 11.6 Å². The van der Waals surface area contributed by atoms with Crippen LogP contribution in [0.1, 0.15) is 13.3 Å². The predicted molar refractivity (Wildman–Crippen MR) is 86.4 cm³/mol. The normalized spacial score (nSPS) is 12.0. The molecular weight excluding hydrogens is 328 g/mol. The molecule has 1 amide bonds. The van der Waals surface area contributed by atoms with Crippen molar-refractivity contribution in [1.82, 2.24) is 0 Å². The number of halogens is 3. The van der Waals surface area contributed by atoms with Gasteiger partial charge in [0.05, 0.1) is 5.25 Å². The Morgan fingerprint density at radius 3 is 2.32 bits per heavy atom. The van der Waals surface area contributed by atoms with Crippen molar-refractivity contribution in [2.24, 2.45) is 0 Å². The summed E-state index contributed by atoms with van der Waals surface area (Å²) in [5, 5.41) is 2.47. The second kappa shape index (κ2) is 7.61. The third-order valence-electron chi connectivity index (χ3n) is 2.97. The highest BCUT2D eigenvalue weighted by Crippen LogP contribution is 2.28. The maximum atomic E-state index is 13.6. The molecule has 0 aliphatic carbocycles. The van der Waals surface area contributed by atoms with E-state index in [1.54, 1.807) is 24.3 Å². The predicted octanol–water partition coefficient (Wildman–Crippen LogP) is 5.13. The van der Waals surface area contributed by atoms with Crippen molar-refractivity contribution < 1.29 is 13.6 Å². The Hall–Kier alpha value is -1.59. The molecule has 2 rings (SSSR count). The number of hydrogen-bond donors (Lipinski definition) is 1. The van der Waals surface area contributed by atoms with Crippen LogP contribution in [-0.2, 0) is 4.79 Å². The van der Waals surface area contributed by atoms with E-state index in [0.717, 1.165) is 17.0 Å². The molecule has 0 saturated heterocycles. The van der Waals surface area contributed by atoms with E-state index in [4.69, 9.17) is 11.6 Å². The Labute approximate surface area is 136 Å². The van der Waals surface area contributed by atoms with E-state index in [1.165, 1.54) is 17.8 Å². The smallest absolute Gasteiger partial charge is 0.238 e. The lowest BCUT2D eigenvalue weighted by Crippen LogP contribution is -2.25. The fourth-order valence-electron chi connectivity index (χ4n) is 1.82. The Morgan fingerprint density at radius 1 is 1.18 bits per heavy atom. The molecule has 0 aliphatic heterocycles. The summed E-state index contributed by atoms with van der Waals surface area (Å²) in [6, 6.07) is 10.5. The van der Waals surface area contributed by atoms with Crippen LogP contribution in [-0.4, -0.2) is 11.2 Å². The van der Waals surface area contributed by atoms with Crippen molar-refractivity contribution in [2.75, 3.05) is 5.32 Å². The van der Waals surface area contributed by atoms with Crippen LogP contribution in [0.2, 0.25) is 5.02 Å². The highest BCUT2D eigenvalue weighted by atomic mass is 35.5. The number of carbonyl (C=O) groups is 1. The highest BCUT2D eigenvalue weighted by molar-refractivity contribution is 8.00. The standard InChI is InChI=1S/C16H14ClF2NOS/c1-2-14(22-11-8-6-10(17)7-9-11)16(21)20-15-12(18)4-3-5-13(15)19/h3-9,14H,2H2,1H3,(H,20,21)/t14-/m1/s1. The number of thioether (sulfide) groups is 1. The Balaban J connectivity index is 2.10. The maximum Gasteiger partial charge on any atom is 0.238 e. The van der Waals surface area contributed by atoms with Crippen LogP contribution in [0.3, 0.4) is 0 Å². The molecule has 0 aliphatic rings. The topological polar surface area (TPSA) is 29.1 Å². The molecule has 0 aromatic heterocycles. The van der Waals surface area contributed by atoms with E-state index in [9.17, 15) is 13.6 Å². The summed E-state index contributed by atoms with van der Waals surface area (Å²) in [6.45, 7) is 1.84. The summed E-state index contributed by atoms with van der Waals surface area (Å²) in [5.41, 5.74) is -0.414. The molecule has 1 atom stereocenters. The van der Waals surface area contributed by atoms with Gasteiger partial charge in [0.1, 0.15) is 17.3 Å². The first kappa shape index (κ1) is 16.8.